The lowest BCUT2D eigenvalue weighted by Gasteiger charge is -2.27. The van der Waals surface area contributed by atoms with E-state index in [4.69, 9.17) is 0 Å². The molecule has 16 heavy (non-hydrogen) atoms. The third kappa shape index (κ3) is 2.82. The van der Waals surface area contributed by atoms with Crippen molar-refractivity contribution in [3.8, 4) is 0 Å². The van der Waals surface area contributed by atoms with E-state index in [1.807, 2.05) is 18.5 Å². The molecule has 0 amide bonds. The minimum atomic E-state index is 0.586. The Morgan fingerprint density at radius 3 is 2.81 bits per heavy atom. The lowest BCUT2D eigenvalue weighted by molar-refractivity contribution is 0.268. The van der Waals surface area contributed by atoms with Crippen molar-refractivity contribution in [1.82, 2.24) is 10.3 Å². The first-order chi connectivity index (χ1) is 7.85. The van der Waals surface area contributed by atoms with Gasteiger partial charge in [0.2, 0.25) is 0 Å². The van der Waals surface area contributed by atoms with Gasteiger partial charge >= 0.3 is 0 Å². The average molecular weight is 218 g/mol. The van der Waals surface area contributed by atoms with Gasteiger partial charge in [-0.05, 0) is 36.3 Å². The molecule has 2 heteroatoms. The molecule has 0 saturated heterocycles. The molecule has 1 aliphatic rings. The van der Waals surface area contributed by atoms with Crippen LogP contribution in [-0.4, -0.2) is 11.5 Å². The molecule has 2 rings (SSSR count). The van der Waals surface area contributed by atoms with E-state index in [1.54, 1.807) is 0 Å². The molecule has 0 aliphatic heterocycles. The molecule has 2 nitrogen and oxygen atoms in total. The summed E-state index contributed by atoms with van der Waals surface area (Å²) in [4.78, 5) is 4.13. The zero-order valence-corrected chi connectivity index (χ0v) is 10.2. The molecule has 1 fully saturated rings. The lowest BCUT2D eigenvalue weighted by Crippen LogP contribution is -2.31. The summed E-state index contributed by atoms with van der Waals surface area (Å²) in [6, 6.07) is 4.13. The molecule has 1 saturated carbocycles. The SMILES string of the molecule is CCC1(CNCc2cccnc2)CCCC1. The van der Waals surface area contributed by atoms with Crippen molar-refractivity contribution in [1.29, 1.82) is 0 Å². The summed E-state index contributed by atoms with van der Waals surface area (Å²) in [5.74, 6) is 0. The van der Waals surface area contributed by atoms with Crippen LogP contribution < -0.4 is 5.32 Å². The third-order valence-electron chi connectivity index (χ3n) is 3.97. The zero-order chi connectivity index (χ0) is 11.3. The molecule has 1 aromatic rings. The van der Waals surface area contributed by atoms with E-state index >= 15 is 0 Å². The maximum Gasteiger partial charge on any atom is 0.0312 e. The summed E-state index contributed by atoms with van der Waals surface area (Å²) in [5.41, 5.74) is 1.87. The Balaban J connectivity index is 1.79. The smallest absolute Gasteiger partial charge is 0.0312 e. The Morgan fingerprint density at radius 2 is 2.19 bits per heavy atom. The predicted molar refractivity (Wildman–Crippen MR) is 67.1 cm³/mol. The monoisotopic (exact) mass is 218 g/mol. The van der Waals surface area contributed by atoms with Gasteiger partial charge in [0, 0.05) is 25.5 Å². The molecule has 0 atom stereocenters. The van der Waals surface area contributed by atoms with Crippen LogP contribution in [0.15, 0.2) is 24.5 Å². The standard InChI is InChI=1S/C14H22N2/c1-2-14(7-3-4-8-14)12-16-11-13-6-5-9-15-10-13/h5-6,9-10,16H,2-4,7-8,11-12H2,1H3. The molecule has 1 aliphatic carbocycles. The predicted octanol–water partition coefficient (Wildman–Crippen LogP) is 3.14. The van der Waals surface area contributed by atoms with Crippen molar-refractivity contribution in [3.05, 3.63) is 30.1 Å². The van der Waals surface area contributed by atoms with Crippen LogP contribution in [0.1, 0.15) is 44.6 Å². The van der Waals surface area contributed by atoms with Gasteiger partial charge in [-0.15, -0.1) is 0 Å². The van der Waals surface area contributed by atoms with Crippen LogP contribution in [0.5, 0.6) is 0 Å². The van der Waals surface area contributed by atoms with Crippen LogP contribution >= 0.6 is 0 Å². The van der Waals surface area contributed by atoms with Gasteiger partial charge in [0.05, 0.1) is 0 Å². The summed E-state index contributed by atoms with van der Waals surface area (Å²) >= 11 is 0. The zero-order valence-electron chi connectivity index (χ0n) is 10.2. The van der Waals surface area contributed by atoms with Crippen LogP contribution in [0.4, 0.5) is 0 Å². The van der Waals surface area contributed by atoms with Gasteiger partial charge in [-0.25, -0.2) is 0 Å². The number of hydrogen-bond donors (Lipinski definition) is 1. The number of nitrogens with zero attached hydrogens (tertiary/aromatic N) is 1. The molecule has 88 valence electrons. The molecule has 0 bridgehead atoms. The molecule has 0 radical (unpaired) electrons. The third-order valence-corrected chi connectivity index (χ3v) is 3.97. The first-order valence-electron chi connectivity index (χ1n) is 6.44. The number of aromatic nitrogens is 1. The molecule has 0 aromatic carbocycles. The van der Waals surface area contributed by atoms with Crippen LogP contribution in [0, 0.1) is 5.41 Å². The van der Waals surface area contributed by atoms with Crippen molar-refractivity contribution in [2.45, 2.75) is 45.6 Å². The fourth-order valence-corrected chi connectivity index (χ4v) is 2.76. The van der Waals surface area contributed by atoms with Crippen LogP contribution in [0.3, 0.4) is 0 Å². The molecule has 1 aromatic heterocycles. The Hall–Kier alpha value is -0.890. The van der Waals surface area contributed by atoms with E-state index in [2.05, 4.69) is 23.3 Å². The van der Waals surface area contributed by atoms with Crippen molar-refractivity contribution in [2.24, 2.45) is 5.41 Å². The maximum absolute atomic E-state index is 4.13. The molecule has 0 unspecified atom stereocenters. The second-order valence-electron chi connectivity index (χ2n) is 5.03. The molecule has 0 spiro atoms. The Bertz CT molecular complexity index is 302. The largest absolute Gasteiger partial charge is 0.312 e. The van der Waals surface area contributed by atoms with Crippen molar-refractivity contribution in [3.63, 3.8) is 0 Å². The topological polar surface area (TPSA) is 24.9 Å². The van der Waals surface area contributed by atoms with Gasteiger partial charge in [-0.2, -0.15) is 0 Å². The van der Waals surface area contributed by atoms with E-state index in [0.29, 0.717) is 5.41 Å². The number of rotatable bonds is 5. The van der Waals surface area contributed by atoms with Gasteiger partial charge in [-0.3, -0.25) is 4.98 Å². The average Bonchev–Trinajstić information content (AvgIpc) is 2.80. The second kappa shape index (κ2) is 5.44. The summed E-state index contributed by atoms with van der Waals surface area (Å²) < 4.78 is 0. The van der Waals surface area contributed by atoms with E-state index in [-0.39, 0.29) is 0 Å². The van der Waals surface area contributed by atoms with E-state index in [0.717, 1.165) is 6.54 Å². The fourth-order valence-electron chi connectivity index (χ4n) is 2.76. The first kappa shape index (κ1) is 11.6. The Labute approximate surface area is 98.5 Å². The van der Waals surface area contributed by atoms with Crippen molar-refractivity contribution in [2.75, 3.05) is 6.54 Å². The molecular weight excluding hydrogens is 196 g/mol. The minimum Gasteiger partial charge on any atom is -0.312 e. The highest BCUT2D eigenvalue weighted by Crippen LogP contribution is 2.40. The quantitative estimate of drug-likeness (QED) is 0.821. The molecular formula is C14H22N2. The van der Waals surface area contributed by atoms with Gasteiger partial charge in [0.1, 0.15) is 0 Å². The molecule has 1 N–H and O–H groups in total. The maximum atomic E-state index is 4.13. The van der Waals surface area contributed by atoms with E-state index in [9.17, 15) is 0 Å². The summed E-state index contributed by atoms with van der Waals surface area (Å²) in [6.45, 7) is 4.45. The second-order valence-corrected chi connectivity index (χ2v) is 5.03. The van der Waals surface area contributed by atoms with Gasteiger partial charge in [0.15, 0.2) is 0 Å². The van der Waals surface area contributed by atoms with Crippen molar-refractivity contribution < 1.29 is 0 Å². The highest BCUT2D eigenvalue weighted by atomic mass is 14.9. The molecule has 1 heterocycles. The normalized spacial score (nSPS) is 18.8. The highest BCUT2D eigenvalue weighted by Gasteiger charge is 2.31. The van der Waals surface area contributed by atoms with E-state index in [1.165, 1.54) is 44.2 Å². The summed E-state index contributed by atoms with van der Waals surface area (Å²) in [7, 11) is 0. The van der Waals surface area contributed by atoms with Crippen LogP contribution in [0.2, 0.25) is 0 Å². The van der Waals surface area contributed by atoms with Gasteiger partial charge in [-0.1, -0.05) is 25.8 Å². The van der Waals surface area contributed by atoms with Gasteiger partial charge < -0.3 is 5.32 Å². The first-order valence-corrected chi connectivity index (χ1v) is 6.44. The van der Waals surface area contributed by atoms with Crippen molar-refractivity contribution >= 4 is 0 Å². The summed E-state index contributed by atoms with van der Waals surface area (Å²) in [6.07, 6.45) is 10.7. The summed E-state index contributed by atoms with van der Waals surface area (Å²) in [5, 5.41) is 3.60. The fraction of sp³-hybridized carbons (Fsp3) is 0.643. The number of pyridine rings is 1. The highest BCUT2D eigenvalue weighted by molar-refractivity contribution is 5.07. The van der Waals surface area contributed by atoms with E-state index < -0.39 is 0 Å². The van der Waals surface area contributed by atoms with Crippen LogP contribution in [0.25, 0.3) is 0 Å². The lowest BCUT2D eigenvalue weighted by atomic mass is 9.83. The minimum absolute atomic E-state index is 0.586. The number of hydrogen-bond acceptors (Lipinski definition) is 2. The number of nitrogens with one attached hydrogen (secondary N) is 1. The van der Waals surface area contributed by atoms with Gasteiger partial charge in [0.25, 0.3) is 0 Å². The Morgan fingerprint density at radius 1 is 1.38 bits per heavy atom. The van der Waals surface area contributed by atoms with Crippen LogP contribution in [-0.2, 0) is 6.54 Å². The Kier molecular flexibility index (Phi) is 3.94.